The molecule has 1 aromatic heterocycles. The molecular weight excluding hydrogens is 279 g/mol. The van der Waals surface area contributed by atoms with Crippen molar-refractivity contribution < 1.29 is 13.9 Å². The number of aromatic nitrogens is 2. The highest BCUT2D eigenvalue weighted by atomic mass is 19.1. The van der Waals surface area contributed by atoms with E-state index in [0.717, 1.165) is 6.20 Å². The van der Waals surface area contributed by atoms with Gasteiger partial charge in [-0.2, -0.15) is 9.55 Å². The Bertz CT molecular complexity index is 602. The third-order valence-corrected chi connectivity index (χ3v) is 2.10. The van der Waals surface area contributed by atoms with Gasteiger partial charge in [0, 0.05) is 14.1 Å². The first-order valence-corrected chi connectivity index (χ1v) is 6.27. The standard InChI is InChI=1S/C13H19FN4O3/c1-13(2,3)7-21-12(20)18-6-9(14)10(16-11(18)19)15-8-17(4)5/h6,8H,7H2,1-5H3/b15-8+. The van der Waals surface area contributed by atoms with Crippen molar-refractivity contribution in [2.45, 2.75) is 20.8 Å². The van der Waals surface area contributed by atoms with E-state index in [-0.39, 0.29) is 17.8 Å². The van der Waals surface area contributed by atoms with E-state index in [4.69, 9.17) is 4.74 Å². The summed E-state index contributed by atoms with van der Waals surface area (Å²) in [4.78, 5) is 32.1. The zero-order valence-electron chi connectivity index (χ0n) is 12.8. The largest absolute Gasteiger partial charge is 0.448 e. The van der Waals surface area contributed by atoms with Crippen LogP contribution in [0.4, 0.5) is 15.0 Å². The molecule has 0 aliphatic carbocycles. The molecule has 0 bridgehead atoms. The first-order valence-electron chi connectivity index (χ1n) is 6.27. The Hall–Kier alpha value is -2.25. The maximum Gasteiger partial charge on any atom is 0.422 e. The molecular formula is C13H19FN4O3. The van der Waals surface area contributed by atoms with Crippen LogP contribution < -0.4 is 5.69 Å². The average molecular weight is 298 g/mol. The maximum atomic E-state index is 13.8. The lowest BCUT2D eigenvalue weighted by molar-refractivity contribution is 0.106. The van der Waals surface area contributed by atoms with E-state index in [1.165, 1.54) is 6.34 Å². The predicted molar refractivity (Wildman–Crippen MR) is 76.5 cm³/mol. The molecule has 1 heterocycles. The number of halogens is 1. The minimum Gasteiger partial charge on any atom is -0.448 e. The van der Waals surface area contributed by atoms with Gasteiger partial charge in [0.1, 0.15) is 0 Å². The molecule has 0 radical (unpaired) electrons. The number of carbonyl (C=O) groups excluding carboxylic acids is 1. The number of carbonyl (C=O) groups is 1. The van der Waals surface area contributed by atoms with Crippen molar-refractivity contribution in [3.05, 3.63) is 22.5 Å². The smallest absolute Gasteiger partial charge is 0.422 e. The number of aliphatic imine (C=N–C) groups is 1. The Morgan fingerprint density at radius 1 is 1.52 bits per heavy atom. The van der Waals surface area contributed by atoms with Gasteiger partial charge in [0.2, 0.25) is 0 Å². The predicted octanol–water partition coefficient (Wildman–Crippen LogP) is 1.63. The summed E-state index contributed by atoms with van der Waals surface area (Å²) in [6, 6.07) is 0. The van der Waals surface area contributed by atoms with Crippen LogP contribution in [0.1, 0.15) is 20.8 Å². The molecule has 8 heteroatoms. The highest BCUT2D eigenvalue weighted by molar-refractivity contribution is 5.70. The van der Waals surface area contributed by atoms with E-state index in [1.807, 2.05) is 20.8 Å². The first kappa shape index (κ1) is 16.8. The van der Waals surface area contributed by atoms with E-state index >= 15 is 0 Å². The summed E-state index contributed by atoms with van der Waals surface area (Å²) in [7, 11) is 3.37. The fraction of sp³-hybridized carbons (Fsp3) is 0.538. The summed E-state index contributed by atoms with van der Waals surface area (Å²) in [6.07, 6.45) is 1.06. The molecule has 0 saturated carbocycles. The van der Waals surface area contributed by atoms with E-state index < -0.39 is 17.6 Å². The number of rotatable bonds is 3. The summed E-state index contributed by atoms with van der Waals surface area (Å²) >= 11 is 0. The number of hydrogen-bond acceptors (Lipinski definition) is 5. The van der Waals surface area contributed by atoms with Crippen molar-refractivity contribution in [1.82, 2.24) is 14.5 Å². The SMILES string of the molecule is CN(C)/C=N/c1nc(=O)n(C(=O)OCC(C)(C)C)cc1F. The Kier molecular flexibility index (Phi) is 5.17. The Morgan fingerprint density at radius 3 is 2.67 bits per heavy atom. The lowest BCUT2D eigenvalue weighted by Crippen LogP contribution is -2.31. The number of ether oxygens (including phenoxy) is 1. The van der Waals surface area contributed by atoms with E-state index in [9.17, 15) is 14.0 Å². The van der Waals surface area contributed by atoms with E-state index in [1.54, 1.807) is 19.0 Å². The van der Waals surface area contributed by atoms with Gasteiger partial charge in [-0.3, -0.25) is 0 Å². The first-order chi connectivity index (χ1) is 9.60. The lowest BCUT2D eigenvalue weighted by atomic mass is 9.99. The molecule has 1 aromatic rings. The number of hydrogen-bond donors (Lipinski definition) is 0. The van der Waals surface area contributed by atoms with Crippen molar-refractivity contribution >= 4 is 18.2 Å². The molecule has 0 unspecified atom stereocenters. The van der Waals surface area contributed by atoms with Gasteiger partial charge in [0.15, 0.2) is 11.6 Å². The van der Waals surface area contributed by atoms with Crippen LogP contribution in [-0.4, -0.2) is 47.6 Å². The average Bonchev–Trinajstić information content (AvgIpc) is 2.35. The van der Waals surface area contributed by atoms with Crippen LogP contribution in [0, 0.1) is 11.2 Å². The monoisotopic (exact) mass is 298 g/mol. The Labute approximate surface area is 122 Å². The molecule has 21 heavy (non-hydrogen) atoms. The van der Waals surface area contributed by atoms with Crippen molar-refractivity contribution in [3.63, 3.8) is 0 Å². The van der Waals surface area contributed by atoms with E-state index in [0.29, 0.717) is 4.57 Å². The minimum absolute atomic E-state index is 0.0976. The fourth-order valence-electron chi connectivity index (χ4n) is 1.16. The van der Waals surface area contributed by atoms with Crippen molar-refractivity contribution in [2.75, 3.05) is 20.7 Å². The summed E-state index contributed by atoms with van der Waals surface area (Å²) in [5.74, 6) is -1.27. The topological polar surface area (TPSA) is 76.8 Å². The van der Waals surface area contributed by atoms with Gasteiger partial charge < -0.3 is 9.64 Å². The van der Waals surface area contributed by atoms with Gasteiger partial charge in [0.05, 0.1) is 19.1 Å². The molecule has 0 aliphatic heterocycles. The molecule has 7 nitrogen and oxygen atoms in total. The van der Waals surface area contributed by atoms with Crippen LogP contribution in [0.2, 0.25) is 0 Å². The van der Waals surface area contributed by atoms with Crippen molar-refractivity contribution in [1.29, 1.82) is 0 Å². The summed E-state index contributed by atoms with van der Waals surface area (Å²) < 4.78 is 19.2. The lowest BCUT2D eigenvalue weighted by Gasteiger charge is -2.17. The molecule has 116 valence electrons. The molecule has 0 atom stereocenters. The van der Waals surface area contributed by atoms with Crippen LogP contribution in [0.15, 0.2) is 16.0 Å². The van der Waals surface area contributed by atoms with Crippen LogP contribution in [0.5, 0.6) is 0 Å². The molecule has 0 spiro atoms. The third-order valence-electron chi connectivity index (χ3n) is 2.10. The Balaban J connectivity index is 2.99. The van der Waals surface area contributed by atoms with Crippen LogP contribution in [0.25, 0.3) is 0 Å². The quantitative estimate of drug-likeness (QED) is 0.626. The molecule has 0 aliphatic rings. The van der Waals surface area contributed by atoms with Crippen LogP contribution >= 0.6 is 0 Å². The minimum atomic E-state index is -0.968. The molecule has 0 saturated heterocycles. The van der Waals surface area contributed by atoms with Crippen molar-refractivity contribution in [3.8, 4) is 0 Å². The second-order valence-electron chi connectivity index (χ2n) is 5.89. The summed E-state index contributed by atoms with van der Waals surface area (Å²) in [6.45, 7) is 5.68. The fourth-order valence-corrected chi connectivity index (χ4v) is 1.16. The van der Waals surface area contributed by atoms with Gasteiger partial charge in [-0.05, 0) is 5.41 Å². The highest BCUT2D eigenvalue weighted by Crippen LogP contribution is 2.14. The summed E-state index contributed by atoms with van der Waals surface area (Å²) in [5, 5.41) is 0. The normalized spacial score (nSPS) is 11.7. The molecule has 0 N–H and O–H groups in total. The highest BCUT2D eigenvalue weighted by Gasteiger charge is 2.18. The second-order valence-corrected chi connectivity index (χ2v) is 5.89. The van der Waals surface area contributed by atoms with Gasteiger partial charge in [-0.25, -0.2) is 19.0 Å². The zero-order valence-corrected chi connectivity index (χ0v) is 12.8. The molecule has 0 fully saturated rings. The van der Waals surface area contributed by atoms with E-state index in [2.05, 4.69) is 9.98 Å². The molecule has 0 amide bonds. The van der Waals surface area contributed by atoms with Crippen LogP contribution in [-0.2, 0) is 4.74 Å². The van der Waals surface area contributed by atoms with Gasteiger partial charge in [0.25, 0.3) is 0 Å². The molecule has 1 rings (SSSR count). The third kappa shape index (κ3) is 5.33. The maximum absolute atomic E-state index is 13.8. The molecule has 0 aromatic carbocycles. The second kappa shape index (κ2) is 6.47. The van der Waals surface area contributed by atoms with Gasteiger partial charge in [-0.15, -0.1) is 0 Å². The number of nitrogens with zero attached hydrogens (tertiary/aromatic N) is 4. The summed E-state index contributed by atoms with van der Waals surface area (Å²) in [5.41, 5.74) is -1.21. The van der Waals surface area contributed by atoms with Gasteiger partial charge >= 0.3 is 11.8 Å². The van der Waals surface area contributed by atoms with Gasteiger partial charge in [-0.1, -0.05) is 20.8 Å². The Morgan fingerprint density at radius 2 is 2.14 bits per heavy atom. The van der Waals surface area contributed by atoms with Crippen molar-refractivity contribution in [2.24, 2.45) is 10.4 Å². The van der Waals surface area contributed by atoms with Crippen LogP contribution in [0.3, 0.4) is 0 Å². The zero-order chi connectivity index (χ0) is 16.2.